The Morgan fingerprint density at radius 2 is 1.76 bits per heavy atom. The Morgan fingerprint density at radius 1 is 1.19 bits per heavy atom. The van der Waals surface area contributed by atoms with Gasteiger partial charge >= 0.3 is 17.8 Å². The Morgan fingerprint density at radius 3 is 2.24 bits per heavy atom. The highest BCUT2D eigenvalue weighted by Gasteiger charge is 2.33. The van der Waals surface area contributed by atoms with Crippen LogP contribution in [0, 0.1) is 5.21 Å². The maximum atomic E-state index is 11.9. The fourth-order valence-corrected chi connectivity index (χ4v) is 1.47. The van der Waals surface area contributed by atoms with Gasteiger partial charge in [-0.2, -0.15) is 4.73 Å². The lowest BCUT2D eigenvalue weighted by Crippen LogP contribution is -2.50. The molecule has 21 heavy (non-hydrogen) atoms. The molecular formula is C13H16N2O6. The maximum Gasteiger partial charge on any atom is 0.340 e. The van der Waals surface area contributed by atoms with Crippen LogP contribution in [-0.2, 0) is 19.1 Å². The molecule has 0 atom stereocenters. The van der Waals surface area contributed by atoms with Crippen molar-refractivity contribution in [3.8, 4) is 0 Å². The third-order valence-electron chi connectivity index (χ3n) is 2.38. The molecule has 0 aromatic carbocycles. The number of pyridine rings is 1. The van der Waals surface area contributed by atoms with Crippen LogP contribution in [-0.4, -0.2) is 37.1 Å². The first kappa shape index (κ1) is 16.4. The Labute approximate surface area is 121 Å². The van der Waals surface area contributed by atoms with Crippen LogP contribution in [0.25, 0.3) is 0 Å². The first-order valence-electron chi connectivity index (χ1n) is 6.33. The summed E-state index contributed by atoms with van der Waals surface area (Å²) in [6.45, 7) is 3.20. The van der Waals surface area contributed by atoms with Crippen molar-refractivity contribution in [3.63, 3.8) is 0 Å². The molecular weight excluding hydrogens is 280 g/mol. The molecule has 0 aliphatic carbocycles. The van der Waals surface area contributed by atoms with E-state index in [1.165, 1.54) is 18.2 Å². The van der Waals surface area contributed by atoms with Crippen LogP contribution < -0.4 is 10.0 Å². The van der Waals surface area contributed by atoms with Crippen molar-refractivity contribution in [1.29, 1.82) is 0 Å². The van der Waals surface area contributed by atoms with Gasteiger partial charge in [0.25, 0.3) is 5.69 Å². The summed E-state index contributed by atoms with van der Waals surface area (Å²) < 4.78 is 9.72. The van der Waals surface area contributed by atoms with Crippen LogP contribution in [0.1, 0.15) is 24.3 Å². The number of hydrogen-bond donors (Lipinski definition) is 1. The topological polar surface area (TPSA) is 109 Å². The number of ether oxygens (including phenoxy) is 2. The lowest BCUT2D eigenvalue weighted by Gasteiger charge is -2.15. The third-order valence-corrected chi connectivity index (χ3v) is 2.38. The predicted molar refractivity (Wildman–Crippen MR) is 69.9 cm³/mol. The first-order valence-corrected chi connectivity index (χ1v) is 6.33. The Balaban J connectivity index is 2.90. The summed E-state index contributed by atoms with van der Waals surface area (Å²) in [5.74, 6) is -2.77. The number of hydrogen-bond acceptors (Lipinski definition) is 6. The van der Waals surface area contributed by atoms with Gasteiger partial charge in [0, 0.05) is 12.1 Å². The number of amides is 1. The van der Waals surface area contributed by atoms with Crippen molar-refractivity contribution >= 4 is 17.8 Å². The molecule has 0 saturated carbocycles. The number of carbonyl (C=O) groups excluding carboxylic acids is 3. The molecule has 0 bridgehead atoms. The minimum Gasteiger partial charge on any atom is -0.618 e. The number of aromatic nitrogens is 1. The van der Waals surface area contributed by atoms with Gasteiger partial charge in [-0.3, -0.25) is 4.79 Å². The number of esters is 2. The standard InChI is InChI=1S/C13H16N2O6/c1-3-20-12(17)10(13(18)21-4-2)14-11(16)9-7-5-6-8-15(9)19/h5-8,10H,3-4H2,1-2H3,(H,14,16). The highest BCUT2D eigenvalue weighted by molar-refractivity contribution is 6.04. The van der Waals surface area contributed by atoms with Crippen LogP contribution >= 0.6 is 0 Å². The van der Waals surface area contributed by atoms with Crippen molar-refractivity contribution in [1.82, 2.24) is 5.32 Å². The zero-order valence-corrected chi connectivity index (χ0v) is 11.7. The van der Waals surface area contributed by atoms with Gasteiger partial charge in [0.2, 0.25) is 6.04 Å². The van der Waals surface area contributed by atoms with Crippen molar-refractivity contribution < 1.29 is 28.6 Å². The van der Waals surface area contributed by atoms with Gasteiger partial charge in [-0.15, -0.1) is 0 Å². The molecule has 1 rings (SSSR count). The van der Waals surface area contributed by atoms with Gasteiger partial charge < -0.3 is 20.0 Å². The molecule has 0 unspecified atom stereocenters. The van der Waals surface area contributed by atoms with Crippen molar-refractivity contribution in [2.24, 2.45) is 0 Å². The van der Waals surface area contributed by atoms with Gasteiger partial charge in [-0.1, -0.05) is 0 Å². The van der Waals surface area contributed by atoms with Crippen LogP contribution in [0.15, 0.2) is 24.4 Å². The monoisotopic (exact) mass is 296 g/mol. The molecule has 114 valence electrons. The van der Waals surface area contributed by atoms with E-state index in [-0.39, 0.29) is 18.9 Å². The van der Waals surface area contributed by atoms with Gasteiger partial charge in [0.05, 0.1) is 13.2 Å². The molecule has 0 spiro atoms. The second-order valence-electron chi connectivity index (χ2n) is 3.82. The van der Waals surface area contributed by atoms with Gasteiger partial charge in [0.15, 0.2) is 6.20 Å². The summed E-state index contributed by atoms with van der Waals surface area (Å²) in [4.78, 5) is 35.3. The summed E-state index contributed by atoms with van der Waals surface area (Å²) in [6, 6.07) is 2.57. The molecule has 1 amide bonds. The smallest absolute Gasteiger partial charge is 0.340 e. The molecule has 8 nitrogen and oxygen atoms in total. The Bertz CT molecular complexity index is 513. The largest absolute Gasteiger partial charge is 0.618 e. The average molecular weight is 296 g/mol. The van der Waals surface area contributed by atoms with Crippen LogP contribution in [0.5, 0.6) is 0 Å². The highest BCUT2D eigenvalue weighted by Crippen LogP contribution is 1.98. The molecule has 8 heteroatoms. The molecule has 0 fully saturated rings. The van der Waals surface area contributed by atoms with Crippen LogP contribution in [0.3, 0.4) is 0 Å². The van der Waals surface area contributed by atoms with Gasteiger partial charge in [-0.05, 0) is 19.9 Å². The van der Waals surface area contributed by atoms with Crippen molar-refractivity contribution in [2.45, 2.75) is 19.9 Å². The molecule has 1 N–H and O–H groups in total. The normalized spacial score (nSPS) is 10.0. The average Bonchev–Trinajstić information content (AvgIpc) is 2.45. The van der Waals surface area contributed by atoms with Crippen molar-refractivity contribution in [3.05, 3.63) is 35.3 Å². The van der Waals surface area contributed by atoms with Gasteiger partial charge in [0.1, 0.15) is 0 Å². The molecule has 1 aromatic rings. The van der Waals surface area contributed by atoms with E-state index >= 15 is 0 Å². The SMILES string of the molecule is CCOC(=O)C(NC(=O)c1cccc[n+]1[O-])C(=O)OCC. The molecule has 0 aliphatic heterocycles. The second-order valence-corrected chi connectivity index (χ2v) is 3.82. The molecule has 0 radical (unpaired) electrons. The fraction of sp³-hybridized carbons (Fsp3) is 0.385. The summed E-state index contributed by atoms with van der Waals surface area (Å²) in [7, 11) is 0. The first-order chi connectivity index (χ1) is 10.0. The zero-order chi connectivity index (χ0) is 15.8. The minimum atomic E-state index is -1.61. The molecule has 0 aliphatic rings. The lowest BCUT2D eigenvalue weighted by molar-refractivity contribution is -0.607. The highest BCUT2D eigenvalue weighted by atomic mass is 16.6. The van der Waals surface area contributed by atoms with Crippen molar-refractivity contribution in [2.75, 3.05) is 13.2 Å². The van der Waals surface area contributed by atoms with E-state index in [1.54, 1.807) is 13.8 Å². The number of rotatable bonds is 6. The van der Waals surface area contributed by atoms with Gasteiger partial charge in [-0.25, -0.2) is 9.59 Å². The van der Waals surface area contributed by atoms with E-state index in [0.717, 1.165) is 6.20 Å². The summed E-state index contributed by atoms with van der Waals surface area (Å²) >= 11 is 0. The van der Waals surface area contributed by atoms with E-state index in [2.05, 4.69) is 5.32 Å². The van der Waals surface area contributed by atoms with Crippen LogP contribution in [0.4, 0.5) is 0 Å². The minimum absolute atomic E-state index is 0.0392. The molecule has 0 saturated heterocycles. The van der Waals surface area contributed by atoms with E-state index < -0.39 is 23.9 Å². The fourth-order valence-electron chi connectivity index (χ4n) is 1.47. The second kappa shape index (κ2) is 7.83. The maximum absolute atomic E-state index is 11.9. The van der Waals surface area contributed by atoms with E-state index in [0.29, 0.717) is 4.73 Å². The molecule has 1 aromatic heterocycles. The molecule has 1 heterocycles. The summed E-state index contributed by atoms with van der Waals surface area (Å²) in [5.41, 5.74) is -0.254. The summed E-state index contributed by atoms with van der Waals surface area (Å²) in [6.07, 6.45) is 1.12. The Kier molecular flexibility index (Phi) is 6.12. The van der Waals surface area contributed by atoms with E-state index in [1.807, 2.05) is 0 Å². The number of nitrogens with zero attached hydrogens (tertiary/aromatic N) is 1. The number of carbonyl (C=O) groups is 3. The number of nitrogens with one attached hydrogen (secondary N) is 1. The zero-order valence-electron chi connectivity index (χ0n) is 11.7. The quantitative estimate of drug-likeness (QED) is 0.329. The summed E-state index contributed by atoms with van der Waals surface area (Å²) in [5, 5.41) is 13.6. The third kappa shape index (κ3) is 4.44. The van der Waals surface area contributed by atoms with E-state index in [9.17, 15) is 19.6 Å². The Hall–Kier alpha value is -2.64. The van der Waals surface area contributed by atoms with Crippen LogP contribution in [0.2, 0.25) is 0 Å². The lowest BCUT2D eigenvalue weighted by atomic mass is 10.2. The van der Waals surface area contributed by atoms with E-state index in [4.69, 9.17) is 9.47 Å². The predicted octanol–water partition coefficient (Wildman–Crippen LogP) is -0.455.